The molecule has 11 heavy (non-hydrogen) atoms. The topological polar surface area (TPSA) is 30.7 Å². The third-order valence-electron chi connectivity index (χ3n) is 0.922. The van der Waals surface area contributed by atoms with Crippen molar-refractivity contribution in [1.29, 1.82) is 0 Å². The molecule has 0 bridgehead atoms. The number of halogens is 3. The molecule has 0 saturated heterocycles. The van der Waals surface area contributed by atoms with Crippen LogP contribution in [0.5, 0.6) is 0 Å². The van der Waals surface area contributed by atoms with Crippen LogP contribution in [0.4, 0.5) is 0 Å². The van der Waals surface area contributed by atoms with E-state index < -0.39 is 0 Å². The lowest BCUT2D eigenvalue weighted by molar-refractivity contribution is 0.675. The van der Waals surface area contributed by atoms with Crippen LogP contribution in [0.1, 0.15) is 0 Å². The Labute approximate surface area is 89.3 Å². The Morgan fingerprint density at radius 2 is 2.18 bits per heavy atom. The lowest BCUT2D eigenvalue weighted by Gasteiger charge is -1.97. The van der Waals surface area contributed by atoms with Gasteiger partial charge in [-0.2, -0.15) is 4.98 Å². The highest BCUT2D eigenvalue weighted by Crippen LogP contribution is 2.14. The van der Waals surface area contributed by atoms with Crippen molar-refractivity contribution < 1.29 is 0 Å². The van der Waals surface area contributed by atoms with Gasteiger partial charge in [0.25, 0.3) is 0 Å². The van der Waals surface area contributed by atoms with Gasteiger partial charge in [-0.05, 0) is 31.9 Å². The summed E-state index contributed by atoms with van der Waals surface area (Å²) in [4.78, 5) is 3.99. The van der Waals surface area contributed by atoms with E-state index in [1.165, 1.54) is 0 Å². The molecular formula is C5H4Br3N3. The van der Waals surface area contributed by atoms with Crippen LogP contribution < -0.4 is 0 Å². The van der Waals surface area contributed by atoms with E-state index in [2.05, 4.69) is 64.5 Å². The van der Waals surface area contributed by atoms with Gasteiger partial charge in [0.2, 0.25) is 4.73 Å². The van der Waals surface area contributed by atoms with Crippen LogP contribution in [0, 0.1) is 0 Å². The van der Waals surface area contributed by atoms with Crippen LogP contribution in [0.25, 0.3) is 0 Å². The predicted octanol–water partition coefficient (Wildman–Crippen LogP) is 2.71. The second kappa shape index (κ2) is 3.82. The first-order chi connectivity index (χ1) is 5.09. The third kappa shape index (κ3) is 2.68. The number of hydrogen-bond donors (Lipinski definition) is 0. The Hall–Kier alpha value is 0.320. The van der Waals surface area contributed by atoms with Crippen molar-refractivity contribution in [2.75, 3.05) is 0 Å². The van der Waals surface area contributed by atoms with Crippen molar-refractivity contribution in [2.45, 2.75) is 6.54 Å². The summed E-state index contributed by atoms with van der Waals surface area (Å²) < 4.78 is 3.79. The van der Waals surface area contributed by atoms with Gasteiger partial charge in [0.05, 0.1) is 6.54 Å². The van der Waals surface area contributed by atoms with E-state index in [0.29, 0.717) is 16.0 Å². The monoisotopic (exact) mass is 343 g/mol. The van der Waals surface area contributed by atoms with Gasteiger partial charge in [0.15, 0.2) is 4.73 Å². The minimum atomic E-state index is 0.568. The normalized spacial score (nSPS) is 10.1. The Kier molecular flexibility index (Phi) is 3.27. The molecule has 1 heterocycles. The van der Waals surface area contributed by atoms with Crippen LogP contribution in [0.2, 0.25) is 0 Å². The van der Waals surface area contributed by atoms with E-state index in [9.17, 15) is 0 Å². The van der Waals surface area contributed by atoms with Gasteiger partial charge in [0.1, 0.15) is 0 Å². The Morgan fingerprint density at radius 1 is 1.55 bits per heavy atom. The summed E-state index contributed by atoms with van der Waals surface area (Å²) in [5.41, 5.74) is 0. The molecular weight excluding hydrogens is 342 g/mol. The van der Waals surface area contributed by atoms with Crippen molar-refractivity contribution >= 4 is 47.8 Å². The first-order valence-corrected chi connectivity index (χ1v) is 5.06. The second-order valence-corrected chi connectivity index (χ2v) is 4.36. The van der Waals surface area contributed by atoms with E-state index in [-0.39, 0.29) is 0 Å². The van der Waals surface area contributed by atoms with E-state index >= 15 is 0 Å². The van der Waals surface area contributed by atoms with Crippen LogP contribution in [-0.4, -0.2) is 14.8 Å². The number of rotatable bonds is 2. The molecule has 0 aliphatic carbocycles. The zero-order valence-electron chi connectivity index (χ0n) is 5.39. The van der Waals surface area contributed by atoms with Gasteiger partial charge in [-0.3, -0.25) is 0 Å². The molecule has 0 atom stereocenters. The van der Waals surface area contributed by atoms with Crippen molar-refractivity contribution in [3.05, 3.63) is 20.5 Å². The molecule has 0 aliphatic rings. The van der Waals surface area contributed by atoms with Crippen LogP contribution in [-0.2, 0) is 6.54 Å². The lowest BCUT2D eigenvalue weighted by atomic mass is 10.6. The number of nitrogens with zero attached hydrogens (tertiary/aromatic N) is 3. The average Bonchev–Trinajstić information content (AvgIpc) is 2.09. The maximum atomic E-state index is 4.03. The number of hydrogen-bond acceptors (Lipinski definition) is 2. The summed E-state index contributed by atoms with van der Waals surface area (Å²) in [7, 11) is 0. The van der Waals surface area contributed by atoms with Crippen LogP contribution in [0.15, 0.2) is 20.5 Å². The fraction of sp³-hybridized carbons (Fsp3) is 0.200. The van der Waals surface area contributed by atoms with E-state index in [1.807, 2.05) is 0 Å². The summed E-state index contributed by atoms with van der Waals surface area (Å²) in [6, 6.07) is 0. The molecule has 0 spiro atoms. The molecule has 3 nitrogen and oxygen atoms in total. The fourth-order valence-electron chi connectivity index (χ4n) is 0.560. The number of allylic oxidation sites excluding steroid dienone is 1. The Balaban J connectivity index is 2.85. The number of aromatic nitrogens is 3. The maximum absolute atomic E-state index is 4.03. The van der Waals surface area contributed by atoms with Crippen LogP contribution in [0.3, 0.4) is 0 Å². The standard InChI is InChI=1S/C5H4Br3N3/c1-3(6)2-11-5(8)9-4(7)10-11/h1-2H2. The van der Waals surface area contributed by atoms with Crippen molar-refractivity contribution in [3.63, 3.8) is 0 Å². The minimum absolute atomic E-state index is 0.568. The van der Waals surface area contributed by atoms with Crippen molar-refractivity contribution in [3.8, 4) is 0 Å². The summed E-state index contributed by atoms with van der Waals surface area (Å²) in [6.45, 7) is 4.30. The van der Waals surface area contributed by atoms with Gasteiger partial charge >= 0.3 is 0 Å². The maximum Gasteiger partial charge on any atom is 0.218 e. The van der Waals surface area contributed by atoms with Gasteiger partial charge in [0, 0.05) is 4.48 Å². The fourth-order valence-corrected chi connectivity index (χ4v) is 1.77. The third-order valence-corrected chi connectivity index (χ3v) is 2.10. The van der Waals surface area contributed by atoms with Gasteiger partial charge in [-0.15, -0.1) is 5.10 Å². The molecule has 0 radical (unpaired) electrons. The second-order valence-electron chi connectivity index (χ2n) is 1.82. The zero-order chi connectivity index (χ0) is 8.43. The summed E-state index contributed by atoms with van der Waals surface area (Å²) in [5, 5.41) is 4.03. The van der Waals surface area contributed by atoms with Gasteiger partial charge in [-0.25, -0.2) is 4.68 Å². The molecule has 0 fully saturated rings. The first-order valence-electron chi connectivity index (χ1n) is 2.68. The molecule has 60 valence electrons. The van der Waals surface area contributed by atoms with Gasteiger partial charge < -0.3 is 0 Å². The van der Waals surface area contributed by atoms with Crippen molar-refractivity contribution in [1.82, 2.24) is 14.8 Å². The molecule has 1 aromatic rings. The largest absolute Gasteiger partial charge is 0.234 e. The van der Waals surface area contributed by atoms with Gasteiger partial charge in [-0.1, -0.05) is 22.5 Å². The Bertz CT molecular complexity index is 281. The van der Waals surface area contributed by atoms with E-state index in [4.69, 9.17) is 0 Å². The summed E-state index contributed by atoms with van der Waals surface area (Å²) >= 11 is 9.63. The van der Waals surface area contributed by atoms with E-state index in [1.54, 1.807) is 4.68 Å². The molecule has 0 aliphatic heterocycles. The highest BCUT2D eigenvalue weighted by molar-refractivity contribution is 9.11. The first kappa shape index (κ1) is 9.41. The molecule has 0 amide bonds. The van der Waals surface area contributed by atoms with Crippen molar-refractivity contribution in [2.24, 2.45) is 0 Å². The molecule has 0 saturated carbocycles. The van der Waals surface area contributed by atoms with Crippen LogP contribution >= 0.6 is 47.8 Å². The summed E-state index contributed by atoms with van der Waals surface area (Å²) in [5.74, 6) is 0. The SMILES string of the molecule is C=C(Br)Cn1nc(Br)nc1Br. The van der Waals surface area contributed by atoms with E-state index in [0.717, 1.165) is 4.48 Å². The quantitative estimate of drug-likeness (QED) is 0.825. The highest BCUT2D eigenvalue weighted by atomic mass is 79.9. The average molecular weight is 346 g/mol. The lowest BCUT2D eigenvalue weighted by Crippen LogP contribution is -1.99. The summed E-state index contributed by atoms with van der Waals surface area (Å²) in [6.07, 6.45) is 0. The smallest absolute Gasteiger partial charge is 0.218 e. The predicted molar refractivity (Wildman–Crippen MR) is 53.5 cm³/mol. The molecule has 0 unspecified atom stereocenters. The molecule has 1 rings (SSSR count). The zero-order valence-corrected chi connectivity index (χ0v) is 10.1. The highest BCUT2D eigenvalue weighted by Gasteiger charge is 2.03. The molecule has 0 aromatic carbocycles. The Morgan fingerprint density at radius 3 is 2.55 bits per heavy atom. The molecule has 1 aromatic heterocycles. The molecule has 6 heteroatoms. The molecule has 0 N–H and O–H groups in total. The minimum Gasteiger partial charge on any atom is -0.234 e.